The fourth-order valence-electron chi connectivity index (χ4n) is 0.682. The number of rotatable bonds is 6. The SMILES string of the molecule is C=C/C(=C(Br)\C=C\COCC)[N+](=O)[O-]. The molecule has 0 saturated heterocycles. The lowest BCUT2D eigenvalue weighted by molar-refractivity contribution is -0.419. The number of halogens is 1. The van der Waals surface area contributed by atoms with Crippen molar-refractivity contribution in [2.75, 3.05) is 13.2 Å². The molecule has 0 amide bonds. The van der Waals surface area contributed by atoms with Crippen LogP contribution >= 0.6 is 15.9 Å². The van der Waals surface area contributed by atoms with Crippen molar-refractivity contribution >= 4 is 15.9 Å². The third-order valence-electron chi connectivity index (χ3n) is 1.32. The summed E-state index contributed by atoms with van der Waals surface area (Å²) >= 11 is 3.08. The quantitative estimate of drug-likeness (QED) is 0.320. The van der Waals surface area contributed by atoms with E-state index in [1.807, 2.05) is 6.92 Å². The maximum atomic E-state index is 10.4. The van der Waals surface area contributed by atoms with Crippen LogP contribution in [-0.2, 0) is 4.74 Å². The lowest BCUT2D eigenvalue weighted by Crippen LogP contribution is -1.96. The van der Waals surface area contributed by atoms with Gasteiger partial charge < -0.3 is 4.74 Å². The first-order valence-corrected chi connectivity index (χ1v) is 4.83. The molecule has 0 atom stereocenters. The fraction of sp³-hybridized carbons (Fsp3) is 0.333. The summed E-state index contributed by atoms with van der Waals surface area (Å²) in [6, 6.07) is 0. The van der Waals surface area contributed by atoms with Gasteiger partial charge in [-0.1, -0.05) is 12.7 Å². The van der Waals surface area contributed by atoms with Crippen LogP contribution in [-0.4, -0.2) is 18.1 Å². The zero-order valence-corrected chi connectivity index (χ0v) is 9.49. The van der Waals surface area contributed by atoms with Gasteiger partial charge in [-0.3, -0.25) is 10.1 Å². The van der Waals surface area contributed by atoms with E-state index in [4.69, 9.17) is 4.74 Å². The molecule has 0 rings (SSSR count). The standard InChI is InChI=1S/C9H12BrNO3/c1-3-9(11(12)13)8(10)6-5-7-14-4-2/h3,5-6H,1,4,7H2,2H3/b6-5+,9-8-. The van der Waals surface area contributed by atoms with Crippen LogP contribution in [0.3, 0.4) is 0 Å². The first kappa shape index (κ1) is 13.1. The van der Waals surface area contributed by atoms with Gasteiger partial charge in [0.2, 0.25) is 0 Å². The fourth-order valence-corrected chi connectivity index (χ4v) is 1.18. The normalized spacial score (nSPS) is 12.7. The predicted molar refractivity (Wildman–Crippen MR) is 58.8 cm³/mol. The van der Waals surface area contributed by atoms with Crippen molar-refractivity contribution in [1.82, 2.24) is 0 Å². The van der Waals surface area contributed by atoms with E-state index < -0.39 is 4.92 Å². The highest BCUT2D eigenvalue weighted by molar-refractivity contribution is 9.11. The van der Waals surface area contributed by atoms with E-state index in [-0.39, 0.29) is 5.70 Å². The van der Waals surface area contributed by atoms with Crippen LogP contribution in [0.25, 0.3) is 0 Å². The first-order valence-electron chi connectivity index (χ1n) is 4.04. The lowest BCUT2D eigenvalue weighted by atomic mass is 10.3. The topological polar surface area (TPSA) is 52.4 Å². The van der Waals surface area contributed by atoms with E-state index in [2.05, 4.69) is 22.5 Å². The Morgan fingerprint density at radius 3 is 2.79 bits per heavy atom. The van der Waals surface area contributed by atoms with Crippen LogP contribution in [0.15, 0.2) is 35.0 Å². The lowest BCUT2D eigenvalue weighted by Gasteiger charge is -1.94. The number of nitrogens with zero attached hydrogens (tertiary/aromatic N) is 1. The van der Waals surface area contributed by atoms with E-state index in [1.54, 1.807) is 12.2 Å². The van der Waals surface area contributed by atoms with E-state index in [1.165, 1.54) is 6.08 Å². The van der Waals surface area contributed by atoms with Gasteiger partial charge in [-0.15, -0.1) is 0 Å². The monoisotopic (exact) mass is 261 g/mol. The summed E-state index contributed by atoms with van der Waals surface area (Å²) in [5, 5.41) is 10.4. The van der Waals surface area contributed by atoms with Gasteiger partial charge >= 0.3 is 0 Å². The van der Waals surface area contributed by atoms with Gasteiger partial charge in [0, 0.05) is 12.7 Å². The van der Waals surface area contributed by atoms with Crippen molar-refractivity contribution < 1.29 is 9.66 Å². The third-order valence-corrected chi connectivity index (χ3v) is 1.99. The molecule has 0 bridgehead atoms. The van der Waals surface area contributed by atoms with Crippen LogP contribution in [0.5, 0.6) is 0 Å². The summed E-state index contributed by atoms with van der Waals surface area (Å²) in [5.41, 5.74) is -0.0576. The molecule has 0 unspecified atom stereocenters. The molecule has 0 aromatic heterocycles. The van der Waals surface area contributed by atoms with Gasteiger partial charge in [-0.2, -0.15) is 0 Å². The molecular formula is C9H12BrNO3. The molecule has 0 radical (unpaired) electrons. The predicted octanol–water partition coefficient (Wildman–Crippen LogP) is 2.65. The molecule has 0 saturated carbocycles. The molecule has 0 aromatic carbocycles. The summed E-state index contributed by atoms with van der Waals surface area (Å²) in [7, 11) is 0. The summed E-state index contributed by atoms with van der Waals surface area (Å²) in [5.74, 6) is 0. The summed E-state index contributed by atoms with van der Waals surface area (Å²) in [6.45, 7) is 6.29. The molecular weight excluding hydrogens is 250 g/mol. The van der Waals surface area contributed by atoms with Crippen LogP contribution in [0.1, 0.15) is 6.92 Å². The van der Waals surface area contributed by atoms with Crippen molar-refractivity contribution in [3.8, 4) is 0 Å². The largest absolute Gasteiger partial charge is 0.378 e. The van der Waals surface area contributed by atoms with Crippen LogP contribution in [0.4, 0.5) is 0 Å². The van der Waals surface area contributed by atoms with Crippen molar-refractivity contribution in [2.45, 2.75) is 6.92 Å². The van der Waals surface area contributed by atoms with Gasteiger partial charge in [-0.05, 0) is 28.9 Å². The zero-order valence-electron chi connectivity index (χ0n) is 7.90. The molecule has 0 heterocycles. The van der Waals surface area contributed by atoms with Crippen molar-refractivity contribution in [1.29, 1.82) is 0 Å². The third kappa shape index (κ3) is 4.94. The van der Waals surface area contributed by atoms with Gasteiger partial charge in [0.15, 0.2) is 0 Å². The molecule has 14 heavy (non-hydrogen) atoms. The Kier molecular flexibility index (Phi) is 6.96. The van der Waals surface area contributed by atoms with Crippen LogP contribution in [0.2, 0.25) is 0 Å². The number of ether oxygens (including phenoxy) is 1. The number of hydrogen-bond donors (Lipinski definition) is 0. The van der Waals surface area contributed by atoms with Gasteiger partial charge in [0.05, 0.1) is 16.0 Å². The Morgan fingerprint density at radius 2 is 2.36 bits per heavy atom. The van der Waals surface area contributed by atoms with Crippen LogP contribution < -0.4 is 0 Å². The minimum Gasteiger partial charge on any atom is -0.378 e. The molecule has 0 aliphatic rings. The van der Waals surface area contributed by atoms with E-state index in [0.717, 1.165) is 0 Å². The van der Waals surface area contributed by atoms with Crippen LogP contribution in [0, 0.1) is 10.1 Å². The van der Waals surface area contributed by atoms with Crippen molar-refractivity contribution in [3.63, 3.8) is 0 Å². The highest BCUT2D eigenvalue weighted by Gasteiger charge is 2.08. The molecule has 0 aromatic rings. The molecule has 0 aliphatic carbocycles. The molecule has 0 N–H and O–H groups in total. The average molecular weight is 262 g/mol. The Morgan fingerprint density at radius 1 is 1.71 bits per heavy atom. The first-order chi connectivity index (χ1) is 6.63. The zero-order chi connectivity index (χ0) is 11.0. The molecule has 0 aliphatic heterocycles. The van der Waals surface area contributed by atoms with E-state index in [0.29, 0.717) is 17.7 Å². The molecule has 78 valence electrons. The molecule has 0 fully saturated rings. The highest BCUT2D eigenvalue weighted by atomic mass is 79.9. The minimum atomic E-state index is -0.498. The second kappa shape index (κ2) is 7.46. The second-order valence-corrected chi connectivity index (χ2v) is 3.11. The average Bonchev–Trinajstić information content (AvgIpc) is 2.13. The van der Waals surface area contributed by atoms with Crippen molar-refractivity contribution in [2.24, 2.45) is 0 Å². The minimum absolute atomic E-state index is 0.0576. The van der Waals surface area contributed by atoms with Gasteiger partial charge in [0.1, 0.15) is 0 Å². The smallest absolute Gasteiger partial charge is 0.282 e. The maximum absolute atomic E-state index is 10.4. The van der Waals surface area contributed by atoms with E-state index in [9.17, 15) is 10.1 Å². The molecule has 5 heteroatoms. The summed E-state index contributed by atoms with van der Waals surface area (Å²) < 4.78 is 5.42. The van der Waals surface area contributed by atoms with E-state index >= 15 is 0 Å². The summed E-state index contributed by atoms with van der Waals surface area (Å²) in [4.78, 5) is 9.94. The van der Waals surface area contributed by atoms with Gasteiger partial charge in [-0.25, -0.2) is 0 Å². The molecule has 4 nitrogen and oxygen atoms in total. The highest BCUT2D eigenvalue weighted by Crippen LogP contribution is 2.14. The second-order valence-electron chi connectivity index (χ2n) is 2.26. The summed E-state index contributed by atoms with van der Waals surface area (Å²) in [6.07, 6.45) is 4.46. The Balaban J connectivity index is 4.40. The number of nitro groups is 1. The molecule has 0 spiro atoms. The Bertz CT molecular complexity index is 271. The Labute approximate surface area is 91.2 Å². The number of allylic oxidation sites excluding steroid dienone is 3. The number of hydrogen-bond acceptors (Lipinski definition) is 3. The maximum Gasteiger partial charge on any atom is 0.282 e. The van der Waals surface area contributed by atoms with Gasteiger partial charge in [0.25, 0.3) is 5.70 Å². The van der Waals surface area contributed by atoms with Crippen molar-refractivity contribution in [3.05, 3.63) is 45.1 Å². The Hall–Kier alpha value is -0.940.